The predicted molar refractivity (Wildman–Crippen MR) is 117 cm³/mol. The SMILES string of the molecule is CCOC(=O)NC(=O)c1c(NC(=O)CCCS(=O)(=O)c2ccc(F)cc2)sc2c1CCC2. The quantitative estimate of drug-likeness (QED) is 0.557. The number of hydrogen-bond acceptors (Lipinski definition) is 7. The summed E-state index contributed by atoms with van der Waals surface area (Å²) in [5.74, 6) is -1.89. The van der Waals surface area contributed by atoms with Crippen LogP contribution in [-0.2, 0) is 32.2 Å². The predicted octanol–water partition coefficient (Wildman–Crippen LogP) is 3.45. The van der Waals surface area contributed by atoms with Crippen LogP contribution in [0.15, 0.2) is 29.2 Å². The van der Waals surface area contributed by atoms with Crippen LogP contribution in [0.4, 0.5) is 14.2 Å². The van der Waals surface area contributed by atoms with Gasteiger partial charge in [-0.2, -0.15) is 0 Å². The second-order valence-electron chi connectivity index (χ2n) is 7.16. The summed E-state index contributed by atoms with van der Waals surface area (Å²) in [4.78, 5) is 37.7. The third kappa shape index (κ3) is 5.71. The highest BCUT2D eigenvalue weighted by molar-refractivity contribution is 7.91. The largest absolute Gasteiger partial charge is 0.450 e. The Labute approximate surface area is 189 Å². The van der Waals surface area contributed by atoms with Crippen molar-refractivity contribution in [1.82, 2.24) is 5.32 Å². The minimum atomic E-state index is -3.64. The van der Waals surface area contributed by atoms with Crippen molar-refractivity contribution in [2.75, 3.05) is 17.7 Å². The number of thiophene rings is 1. The van der Waals surface area contributed by atoms with Gasteiger partial charge in [0.05, 0.1) is 22.8 Å². The molecule has 0 atom stereocenters. The number of rotatable bonds is 8. The van der Waals surface area contributed by atoms with Crippen LogP contribution in [-0.4, -0.2) is 38.7 Å². The number of fused-ring (bicyclic) bond motifs is 1. The Morgan fingerprint density at radius 3 is 2.56 bits per heavy atom. The van der Waals surface area contributed by atoms with Crippen molar-refractivity contribution in [3.8, 4) is 0 Å². The molecule has 32 heavy (non-hydrogen) atoms. The van der Waals surface area contributed by atoms with Crippen molar-refractivity contribution < 1.29 is 31.9 Å². The van der Waals surface area contributed by atoms with Gasteiger partial charge in [0.2, 0.25) is 5.91 Å². The number of sulfone groups is 1. The highest BCUT2D eigenvalue weighted by Gasteiger charge is 2.28. The molecular formula is C21H23FN2O6S2. The molecule has 2 aromatic rings. The molecule has 2 N–H and O–H groups in total. The molecular weight excluding hydrogens is 459 g/mol. The van der Waals surface area contributed by atoms with Gasteiger partial charge in [-0.05, 0) is 62.4 Å². The van der Waals surface area contributed by atoms with E-state index in [4.69, 9.17) is 4.74 Å². The Morgan fingerprint density at radius 2 is 1.88 bits per heavy atom. The number of amides is 3. The molecule has 0 saturated heterocycles. The number of anilines is 1. The minimum absolute atomic E-state index is 0.00749. The fraction of sp³-hybridized carbons (Fsp3) is 0.381. The Hall–Kier alpha value is -2.79. The lowest BCUT2D eigenvalue weighted by atomic mass is 10.1. The lowest BCUT2D eigenvalue weighted by molar-refractivity contribution is -0.116. The second kappa shape index (κ2) is 10.2. The van der Waals surface area contributed by atoms with Gasteiger partial charge in [0.1, 0.15) is 10.8 Å². The first-order chi connectivity index (χ1) is 15.2. The average Bonchev–Trinajstić information content (AvgIpc) is 3.28. The number of ether oxygens (including phenoxy) is 1. The molecule has 1 aliphatic rings. The molecule has 0 bridgehead atoms. The van der Waals surface area contributed by atoms with Gasteiger partial charge in [0.15, 0.2) is 9.84 Å². The first-order valence-electron chi connectivity index (χ1n) is 10.1. The van der Waals surface area contributed by atoms with Crippen LogP contribution < -0.4 is 10.6 Å². The van der Waals surface area contributed by atoms with E-state index in [0.717, 1.165) is 35.4 Å². The van der Waals surface area contributed by atoms with E-state index in [0.29, 0.717) is 11.4 Å². The number of halogens is 1. The Balaban J connectivity index is 1.63. The van der Waals surface area contributed by atoms with Gasteiger partial charge in [-0.25, -0.2) is 17.6 Å². The van der Waals surface area contributed by atoms with Gasteiger partial charge in [0, 0.05) is 11.3 Å². The van der Waals surface area contributed by atoms with Crippen LogP contribution in [0.3, 0.4) is 0 Å². The molecule has 1 aliphatic carbocycles. The van der Waals surface area contributed by atoms with Crippen LogP contribution >= 0.6 is 11.3 Å². The molecule has 0 unspecified atom stereocenters. The van der Waals surface area contributed by atoms with Crippen molar-refractivity contribution in [2.45, 2.75) is 43.9 Å². The number of carbonyl (C=O) groups excluding carboxylic acids is 3. The summed E-state index contributed by atoms with van der Waals surface area (Å²) < 4.78 is 42.4. The molecule has 172 valence electrons. The fourth-order valence-corrected chi connectivity index (χ4v) is 6.04. The van der Waals surface area contributed by atoms with E-state index in [1.807, 2.05) is 0 Å². The highest BCUT2D eigenvalue weighted by Crippen LogP contribution is 2.39. The number of hydrogen-bond donors (Lipinski definition) is 2. The number of aryl methyl sites for hydroxylation is 1. The van der Waals surface area contributed by atoms with Crippen molar-refractivity contribution in [3.05, 3.63) is 46.1 Å². The van der Waals surface area contributed by atoms with Crippen LogP contribution in [0.5, 0.6) is 0 Å². The van der Waals surface area contributed by atoms with Gasteiger partial charge >= 0.3 is 6.09 Å². The van der Waals surface area contributed by atoms with Crippen molar-refractivity contribution >= 4 is 44.1 Å². The van der Waals surface area contributed by atoms with Crippen molar-refractivity contribution in [2.24, 2.45) is 0 Å². The molecule has 0 aliphatic heterocycles. The Kier molecular flexibility index (Phi) is 7.62. The summed E-state index contributed by atoms with van der Waals surface area (Å²) in [5.41, 5.74) is 1.06. The third-order valence-corrected chi connectivity index (χ3v) is 7.91. The van der Waals surface area contributed by atoms with E-state index in [1.54, 1.807) is 6.92 Å². The summed E-state index contributed by atoms with van der Waals surface area (Å²) >= 11 is 1.28. The van der Waals surface area contributed by atoms with Crippen LogP contribution in [0.2, 0.25) is 0 Å². The maximum absolute atomic E-state index is 13.0. The van der Waals surface area contributed by atoms with Crippen LogP contribution in [0.25, 0.3) is 0 Å². The molecule has 1 aromatic carbocycles. The Morgan fingerprint density at radius 1 is 1.16 bits per heavy atom. The van der Waals surface area contributed by atoms with Crippen molar-refractivity contribution in [3.63, 3.8) is 0 Å². The number of imide groups is 1. The molecule has 1 heterocycles. The summed E-state index contributed by atoms with van der Waals surface area (Å²) in [6.07, 6.45) is 1.45. The molecule has 8 nitrogen and oxygen atoms in total. The topological polar surface area (TPSA) is 119 Å². The monoisotopic (exact) mass is 482 g/mol. The smallest absolute Gasteiger partial charge is 0.414 e. The highest BCUT2D eigenvalue weighted by atomic mass is 32.2. The number of benzene rings is 1. The lowest BCUT2D eigenvalue weighted by Gasteiger charge is -2.09. The standard InChI is InChI=1S/C21H23FN2O6S2/c1-2-30-21(27)24-19(26)18-15-5-3-6-16(15)31-20(18)23-17(25)7-4-12-32(28,29)14-10-8-13(22)9-11-14/h8-11H,2-7,12H2,1H3,(H,23,25)(H,24,26,27). The summed E-state index contributed by atoms with van der Waals surface area (Å²) in [7, 11) is -3.64. The number of nitrogens with one attached hydrogen (secondary N) is 2. The van der Waals surface area contributed by atoms with Crippen molar-refractivity contribution in [1.29, 1.82) is 0 Å². The Bertz CT molecular complexity index is 1130. The van der Waals surface area contributed by atoms with Gasteiger partial charge in [0.25, 0.3) is 5.91 Å². The first kappa shape index (κ1) is 23.9. The zero-order valence-electron chi connectivity index (χ0n) is 17.4. The van der Waals surface area contributed by atoms with Gasteiger partial charge in [-0.3, -0.25) is 14.9 Å². The van der Waals surface area contributed by atoms with E-state index in [2.05, 4.69) is 10.6 Å². The molecule has 0 radical (unpaired) electrons. The van der Waals surface area contributed by atoms with Crippen LogP contribution in [0, 0.1) is 5.82 Å². The molecule has 1 aromatic heterocycles. The minimum Gasteiger partial charge on any atom is -0.450 e. The normalized spacial score (nSPS) is 12.8. The van der Waals surface area contributed by atoms with Gasteiger partial charge in [-0.15, -0.1) is 11.3 Å². The lowest BCUT2D eigenvalue weighted by Crippen LogP contribution is -2.32. The van der Waals surface area contributed by atoms with Crippen LogP contribution in [0.1, 0.15) is 47.0 Å². The summed E-state index contributed by atoms with van der Waals surface area (Å²) in [6.45, 7) is 1.74. The average molecular weight is 483 g/mol. The maximum atomic E-state index is 13.0. The second-order valence-corrected chi connectivity index (χ2v) is 10.4. The molecule has 0 fully saturated rings. The maximum Gasteiger partial charge on any atom is 0.414 e. The molecule has 3 rings (SSSR count). The van der Waals surface area contributed by atoms with Gasteiger partial charge < -0.3 is 10.1 Å². The number of alkyl carbamates (subject to hydrolysis) is 1. The zero-order chi connectivity index (χ0) is 23.3. The zero-order valence-corrected chi connectivity index (χ0v) is 19.0. The van der Waals surface area contributed by atoms with E-state index in [9.17, 15) is 27.2 Å². The fourth-order valence-electron chi connectivity index (χ4n) is 3.43. The van der Waals surface area contributed by atoms with Gasteiger partial charge in [-0.1, -0.05) is 0 Å². The van der Waals surface area contributed by atoms with E-state index >= 15 is 0 Å². The van der Waals surface area contributed by atoms with E-state index in [1.165, 1.54) is 23.5 Å². The molecule has 0 saturated carbocycles. The third-order valence-electron chi connectivity index (χ3n) is 4.88. The molecule has 3 amide bonds. The van der Waals surface area contributed by atoms with E-state index in [-0.39, 0.29) is 35.7 Å². The molecule has 11 heteroatoms. The molecule has 0 spiro atoms. The first-order valence-corrected chi connectivity index (χ1v) is 12.6. The number of carbonyl (C=O) groups is 3. The summed E-state index contributed by atoms with van der Waals surface area (Å²) in [6, 6.07) is 4.51. The summed E-state index contributed by atoms with van der Waals surface area (Å²) in [5, 5.41) is 5.18. The van der Waals surface area contributed by atoms with E-state index < -0.39 is 33.6 Å².